The van der Waals surface area contributed by atoms with Gasteiger partial charge in [-0.2, -0.15) is 0 Å². The third-order valence-corrected chi connectivity index (χ3v) is 12.2. The van der Waals surface area contributed by atoms with Crippen molar-refractivity contribution in [3.05, 3.63) is 146 Å². The van der Waals surface area contributed by atoms with Crippen LogP contribution in [0.25, 0.3) is 32.7 Å². The van der Waals surface area contributed by atoms with Gasteiger partial charge in [0.05, 0.1) is 27.9 Å². The maximum absolute atomic E-state index is 14.4. The number of hydrogen-bond donors (Lipinski definition) is 0. The Morgan fingerprint density at radius 1 is 0.510 bits per heavy atom. The summed E-state index contributed by atoms with van der Waals surface area (Å²) >= 11 is 0. The molecule has 0 N–H and O–H groups in total. The Balaban J connectivity index is 1.07. The Hall–Kier alpha value is -5.88. The van der Waals surface area contributed by atoms with E-state index >= 15 is 0 Å². The molecule has 4 aliphatic rings. The maximum Gasteiger partial charge on any atom is 0.266 e. The zero-order chi connectivity index (χ0) is 35.0. The molecule has 2 aliphatic carbocycles. The Morgan fingerprint density at radius 3 is 1.55 bits per heavy atom. The molecule has 6 heteroatoms. The molecular formula is C45H34N2O4. The minimum atomic E-state index is -0.295. The lowest BCUT2D eigenvalue weighted by Gasteiger charge is -2.38. The standard InChI is InChI=1S/C45H34N2O4/c1-22-13-35(30-10-6-5-9-29(30)24(22)3)36-14-23(2)41(32-12-8-7-11-31(32)36)47-44(50)38-19-28-17-25-15-26(34(28)21-40(38)45(47)51)16-27-18-37-39(20-33(25)27)43(49)46(4)42(37)48/h5-14,18-21,25-26H,15-17H2,1-4H3. The van der Waals surface area contributed by atoms with Crippen LogP contribution in [0.15, 0.2) is 84.9 Å². The second-order valence-corrected chi connectivity index (χ2v) is 14.9. The zero-order valence-corrected chi connectivity index (χ0v) is 28.9. The highest BCUT2D eigenvalue weighted by atomic mass is 16.2. The van der Waals surface area contributed by atoms with Crippen molar-refractivity contribution in [1.29, 1.82) is 0 Å². The first-order chi connectivity index (χ1) is 24.6. The first-order valence-electron chi connectivity index (χ1n) is 17.7. The maximum atomic E-state index is 14.4. The lowest BCUT2D eigenvalue weighted by molar-refractivity contribution is 0.0692. The van der Waals surface area contributed by atoms with Crippen LogP contribution in [-0.2, 0) is 12.8 Å². The van der Waals surface area contributed by atoms with E-state index in [0.29, 0.717) is 34.4 Å². The number of carbonyl (C=O) groups is 4. The summed E-state index contributed by atoms with van der Waals surface area (Å²) in [5.41, 5.74) is 12.4. The van der Waals surface area contributed by atoms with E-state index in [2.05, 4.69) is 56.3 Å². The molecule has 51 heavy (non-hydrogen) atoms. The van der Waals surface area contributed by atoms with Crippen LogP contribution >= 0.6 is 0 Å². The number of rotatable bonds is 2. The fourth-order valence-corrected chi connectivity index (χ4v) is 9.55. The summed E-state index contributed by atoms with van der Waals surface area (Å²) in [7, 11) is 1.53. The van der Waals surface area contributed by atoms with Gasteiger partial charge >= 0.3 is 0 Å². The molecule has 2 heterocycles. The summed E-state index contributed by atoms with van der Waals surface area (Å²) in [5.74, 6) is -0.765. The molecule has 0 fully saturated rings. The molecule has 0 saturated heterocycles. The molecule has 2 bridgehead atoms. The number of anilines is 1. The number of aryl methyl sites for hydroxylation is 3. The van der Waals surface area contributed by atoms with Gasteiger partial charge in [0.15, 0.2) is 0 Å². The largest absolute Gasteiger partial charge is 0.277 e. The summed E-state index contributed by atoms with van der Waals surface area (Å²) in [6, 6.07) is 28.7. The quantitative estimate of drug-likeness (QED) is 0.173. The van der Waals surface area contributed by atoms with Crippen LogP contribution in [0.3, 0.4) is 0 Å². The second kappa shape index (κ2) is 10.3. The number of amides is 4. The number of imide groups is 2. The van der Waals surface area contributed by atoms with E-state index in [1.165, 1.54) is 38.7 Å². The second-order valence-electron chi connectivity index (χ2n) is 14.9. The third-order valence-electron chi connectivity index (χ3n) is 12.2. The van der Waals surface area contributed by atoms with Crippen molar-refractivity contribution in [3.63, 3.8) is 0 Å². The summed E-state index contributed by atoms with van der Waals surface area (Å²) in [5, 5.41) is 4.24. The molecule has 2 unspecified atom stereocenters. The van der Waals surface area contributed by atoms with Gasteiger partial charge in [0.2, 0.25) is 0 Å². The first kappa shape index (κ1) is 30.0. The van der Waals surface area contributed by atoms with Gasteiger partial charge in [-0.1, -0.05) is 54.6 Å². The Labute approximate surface area is 295 Å². The highest BCUT2D eigenvalue weighted by molar-refractivity contribution is 6.36. The molecule has 0 spiro atoms. The monoisotopic (exact) mass is 666 g/mol. The van der Waals surface area contributed by atoms with Gasteiger partial charge < -0.3 is 0 Å². The van der Waals surface area contributed by atoms with Crippen molar-refractivity contribution >= 4 is 50.9 Å². The molecule has 4 amide bonds. The van der Waals surface area contributed by atoms with E-state index in [-0.39, 0.29) is 35.5 Å². The molecule has 0 aromatic heterocycles. The van der Waals surface area contributed by atoms with E-state index in [0.717, 1.165) is 62.6 Å². The van der Waals surface area contributed by atoms with Crippen LogP contribution in [0, 0.1) is 20.8 Å². The lowest BCUT2D eigenvalue weighted by atomic mass is 9.66. The number of hydrogen-bond acceptors (Lipinski definition) is 4. The van der Waals surface area contributed by atoms with Gasteiger partial charge in [0.1, 0.15) is 0 Å². The van der Waals surface area contributed by atoms with Gasteiger partial charge in [-0.3, -0.25) is 24.1 Å². The van der Waals surface area contributed by atoms with E-state index in [1.807, 2.05) is 49.4 Å². The first-order valence-corrected chi connectivity index (χ1v) is 17.7. The topological polar surface area (TPSA) is 74.8 Å². The van der Waals surface area contributed by atoms with E-state index in [9.17, 15) is 19.2 Å². The van der Waals surface area contributed by atoms with Crippen molar-refractivity contribution in [3.8, 4) is 11.1 Å². The molecule has 0 saturated carbocycles. The average molecular weight is 667 g/mol. The number of carbonyl (C=O) groups excluding carboxylic acids is 4. The molecule has 2 aliphatic heterocycles. The predicted molar refractivity (Wildman–Crippen MR) is 199 cm³/mol. The Bertz CT molecular complexity index is 2670. The van der Waals surface area contributed by atoms with Crippen LogP contribution in [0.2, 0.25) is 0 Å². The van der Waals surface area contributed by atoms with Crippen LogP contribution in [-0.4, -0.2) is 35.6 Å². The van der Waals surface area contributed by atoms with Crippen molar-refractivity contribution in [1.82, 2.24) is 4.90 Å². The number of fused-ring (bicyclic) bond motifs is 10. The number of benzene rings is 6. The third kappa shape index (κ3) is 3.99. The van der Waals surface area contributed by atoms with E-state index in [4.69, 9.17) is 0 Å². The molecule has 10 rings (SSSR count). The van der Waals surface area contributed by atoms with Crippen molar-refractivity contribution in [2.45, 2.75) is 51.9 Å². The summed E-state index contributed by atoms with van der Waals surface area (Å²) < 4.78 is 0. The smallest absolute Gasteiger partial charge is 0.266 e. The fourth-order valence-electron chi connectivity index (χ4n) is 9.55. The van der Waals surface area contributed by atoms with Crippen molar-refractivity contribution in [2.75, 3.05) is 11.9 Å². The van der Waals surface area contributed by atoms with Gasteiger partial charge in [-0.15, -0.1) is 0 Å². The van der Waals surface area contributed by atoms with Crippen LogP contribution in [0.1, 0.15) is 98.6 Å². The van der Waals surface area contributed by atoms with E-state index < -0.39 is 0 Å². The van der Waals surface area contributed by atoms with E-state index in [1.54, 1.807) is 0 Å². The summed E-state index contributed by atoms with van der Waals surface area (Å²) in [6.07, 6.45) is 2.34. The molecular weight excluding hydrogens is 633 g/mol. The molecule has 6 aromatic rings. The molecule has 6 nitrogen and oxygen atoms in total. The fraction of sp³-hybridized carbons (Fsp3) is 0.200. The molecule has 248 valence electrons. The Morgan fingerprint density at radius 2 is 0.961 bits per heavy atom. The van der Waals surface area contributed by atoms with Crippen LogP contribution < -0.4 is 4.90 Å². The molecule has 2 atom stereocenters. The van der Waals surface area contributed by atoms with Crippen molar-refractivity contribution in [2.24, 2.45) is 0 Å². The van der Waals surface area contributed by atoms with Gasteiger partial charge in [-0.25, -0.2) is 4.90 Å². The molecule has 6 aromatic carbocycles. The Kier molecular flexibility index (Phi) is 6.07. The van der Waals surface area contributed by atoms with Crippen LogP contribution in [0.4, 0.5) is 5.69 Å². The minimum absolute atomic E-state index is 0.158. The van der Waals surface area contributed by atoms with Gasteiger partial charge in [0, 0.05) is 12.4 Å². The number of nitrogens with zero attached hydrogens (tertiary/aromatic N) is 2. The average Bonchev–Trinajstić information content (AvgIpc) is 3.50. The zero-order valence-electron chi connectivity index (χ0n) is 28.9. The lowest BCUT2D eigenvalue weighted by Crippen LogP contribution is -2.30. The van der Waals surface area contributed by atoms with Gasteiger partial charge in [-0.05, 0) is 148 Å². The summed E-state index contributed by atoms with van der Waals surface area (Å²) in [4.78, 5) is 57.0. The predicted octanol–water partition coefficient (Wildman–Crippen LogP) is 8.98. The van der Waals surface area contributed by atoms with Crippen molar-refractivity contribution < 1.29 is 19.2 Å². The highest BCUT2D eigenvalue weighted by Crippen LogP contribution is 2.50. The minimum Gasteiger partial charge on any atom is -0.277 e. The molecule has 0 radical (unpaired) electrons. The highest BCUT2D eigenvalue weighted by Gasteiger charge is 2.43. The summed E-state index contributed by atoms with van der Waals surface area (Å²) in [6.45, 7) is 6.30. The van der Waals surface area contributed by atoms with Gasteiger partial charge in [0.25, 0.3) is 23.6 Å². The normalized spacial score (nSPS) is 18.8. The SMILES string of the molecule is Cc1cc(-c2cc(C)c(N3C(=O)c4cc5c(cc4C3=O)C3Cc4cc6c(cc4C(C5)C3)C(=O)N(C)C6=O)c3ccccc23)c2ccccc2c1C. The van der Waals surface area contributed by atoms with Crippen LogP contribution in [0.5, 0.6) is 0 Å².